The number of carboxylic acids is 1. The molecule has 0 radical (unpaired) electrons. The zero-order valence-corrected chi connectivity index (χ0v) is 30.3. The van der Waals surface area contributed by atoms with E-state index in [1.165, 1.54) is 200 Å². The number of unbranched alkanes of at least 4 members (excludes halogenated alkanes) is 25. The highest BCUT2D eigenvalue weighted by Gasteiger charge is 1.99. The first-order valence-electron chi connectivity index (χ1n) is 19.8. The van der Waals surface area contributed by atoms with Gasteiger partial charge >= 0.3 is 5.97 Å². The van der Waals surface area contributed by atoms with Gasteiger partial charge in [-0.3, -0.25) is 4.79 Å². The van der Waals surface area contributed by atoms with Gasteiger partial charge in [-0.1, -0.05) is 188 Å². The summed E-state index contributed by atoms with van der Waals surface area (Å²) in [5, 5.41) is 12.1. The molecule has 0 saturated heterocycles. The lowest BCUT2D eigenvalue weighted by Crippen LogP contribution is -2.27. The number of hydrogen-bond donors (Lipinski definition) is 2. The van der Waals surface area contributed by atoms with E-state index in [1.807, 2.05) is 0 Å². The lowest BCUT2D eigenvalue weighted by Gasteiger charge is -2.17. The maximum absolute atomic E-state index is 10.4. The first-order chi connectivity index (χ1) is 21.1. The zero-order valence-electron chi connectivity index (χ0n) is 30.3. The first-order valence-corrected chi connectivity index (χ1v) is 19.8. The lowest BCUT2D eigenvalue weighted by molar-refractivity contribution is -0.137. The van der Waals surface area contributed by atoms with Gasteiger partial charge in [0.2, 0.25) is 0 Å². The van der Waals surface area contributed by atoms with Crippen LogP contribution in [0.15, 0.2) is 0 Å². The highest BCUT2D eigenvalue weighted by molar-refractivity contribution is 5.66. The summed E-state index contributed by atoms with van der Waals surface area (Å²) in [5.74, 6) is -0.651. The van der Waals surface area contributed by atoms with Crippen LogP contribution in [0.3, 0.4) is 0 Å². The predicted molar refractivity (Wildman–Crippen MR) is 194 cm³/mol. The number of carboxylic acid groups (broad SMARTS) is 1. The van der Waals surface area contributed by atoms with E-state index in [4.69, 9.17) is 5.11 Å². The van der Waals surface area contributed by atoms with Crippen molar-refractivity contribution in [1.82, 2.24) is 10.2 Å². The van der Waals surface area contributed by atoms with E-state index in [-0.39, 0.29) is 0 Å². The van der Waals surface area contributed by atoms with Gasteiger partial charge in [-0.05, 0) is 52.0 Å². The van der Waals surface area contributed by atoms with Crippen molar-refractivity contribution < 1.29 is 9.90 Å². The van der Waals surface area contributed by atoms with Crippen LogP contribution in [0.25, 0.3) is 0 Å². The predicted octanol–water partition coefficient (Wildman–Crippen LogP) is 12.3. The molecule has 43 heavy (non-hydrogen) atoms. The summed E-state index contributed by atoms with van der Waals surface area (Å²) in [5.41, 5.74) is 0. The Labute approximate surface area is 272 Å². The first kappa shape index (κ1) is 44.5. The summed E-state index contributed by atoms with van der Waals surface area (Å²) in [6, 6.07) is 0. The van der Waals surface area contributed by atoms with Crippen LogP contribution in [-0.4, -0.2) is 48.7 Å². The van der Waals surface area contributed by atoms with Crippen LogP contribution in [0.1, 0.15) is 214 Å². The van der Waals surface area contributed by atoms with Crippen molar-refractivity contribution in [2.24, 2.45) is 0 Å². The van der Waals surface area contributed by atoms with E-state index in [9.17, 15) is 4.79 Å². The van der Waals surface area contributed by atoms with E-state index >= 15 is 0 Å². The van der Waals surface area contributed by atoms with Crippen LogP contribution >= 0.6 is 0 Å². The van der Waals surface area contributed by atoms with Crippen LogP contribution in [0.4, 0.5) is 0 Å². The average Bonchev–Trinajstić information content (AvgIpc) is 3.01. The van der Waals surface area contributed by atoms with Crippen molar-refractivity contribution in [3.8, 4) is 0 Å². The number of rotatable bonds is 35. The molecule has 0 bridgehead atoms. The normalized spacial score (nSPS) is 11.2. The number of aliphatic carboxylic acids is 1. The van der Waals surface area contributed by atoms with Gasteiger partial charge < -0.3 is 15.3 Å². The molecule has 0 fully saturated rings. The number of nitrogens with one attached hydrogen (secondary N) is 1. The van der Waals surface area contributed by atoms with Gasteiger partial charge in [-0.15, -0.1) is 0 Å². The molecule has 0 aromatic heterocycles. The van der Waals surface area contributed by atoms with Crippen LogP contribution in [-0.2, 0) is 4.79 Å². The largest absolute Gasteiger partial charge is 0.481 e. The van der Waals surface area contributed by atoms with Gasteiger partial charge in [-0.2, -0.15) is 0 Å². The molecule has 0 amide bonds. The Morgan fingerprint density at radius 2 is 0.744 bits per heavy atom. The molecule has 0 atom stereocenters. The van der Waals surface area contributed by atoms with E-state index in [0.29, 0.717) is 6.42 Å². The fourth-order valence-electron chi connectivity index (χ4n) is 5.83. The standard InChI is InChI=1S/C22H44O2.C17H38N2/c1-2-3-4-5-6-7-8-9-10-11-12-13-14-15-16-17-18-19-20-21-22(23)24;1-4-7-8-9-10-11-12-13-15-18-16-14-17-19(5-2)6-3/h2-21H2,1H3,(H,23,24);18H,4-17H2,1-3H3. The van der Waals surface area contributed by atoms with E-state index < -0.39 is 5.97 Å². The van der Waals surface area contributed by atoms with Crippen LogP contribution in [0, 0.1) is 0 Å². The second-order valence-corrected chi connectivity index (χ2v) is 13.1. The number of hydrogen-bond acceptors (Lipinski definition) is 3. The summed E-state index contributed by atoms with van der Waals surface area (Å²) >= 11 is 0. The van der Waals surface area contributed by atoms with Gasteiger partial charge in [0.1, 0.15) is 0 Å². The number of nitrogens with zero attached hydrogens (tertiary/aromatic N) is 1. The molecule has 4 heteroatoms. The smallest absolute Gasteiger partial charge is 0.303 e. The SMILES string of the molecule is CCCCCCCCCCCCCCCCCCCCCC(=O)O.CCCCCCCCCCNCCCN(CC)CC. The van der Waals surface area contributed by atoms with E-state index in [1.54, 1.807) is 0 Å². The minimum Gasteiger partial charge on any atom is -0.481 e. The minimum absolute atomic E-state index is 0.346. The Morgan fingerprint density at radius 1 is 0.442 bits per heavy atom. The minimum atomic E-state index is -0.651. The second-order valence-electron chi connectivity index (χ2n) is 13.1. The van der Waals surface area contributed by atoms with Crippen molar-refractivity contribution >= 4 is 5.97 Å². The third-order valence-electron chi connectivity index (χ3n) is 8.92. The van der Waals surface area contributed by atoms with Crippen molar-refractivity contribution in [1.29, 1.82) is 0 Å². The Morgan fingerprint density at radius 3 is 1.07 bits per heavy atom. The molecular formula is C39H82N2O2. The molecule has 0 saturated carbocycles. The Bertz CT molecular complexity index is 496. The Kier molecular flexibility index (Phi) is 42.8. The highest BCUT2D eigenvalue weighted by atomic mass is 16.4. The summed E-state index contributed by atoms with van der Waals surface area (Å²) in [7, 11) is 0. The van der Waals surface area contributed by atoms with E-state index in [2.05, 4.69) is 37.9 Å². The molecule has 0 rings (SSSR count). The molecule has 0 aliphatic heterocycles. The summed E-state index contributed by atoms with van der Waals surface area (Å²) in [6.45, 7) is 15.1. The summed E-state index contributed by atoms with van der Waals surface area (Å²) in [4.78, 5) is 12.9. The quantitative estimate of drug-likeness (QED) is 0.0701. The maximum Gasteiger partial charge on any atom is 0.303 e. The molecular weight excluding hydrogens is 528 g/mol. The molecule has 4 nitrogen and oxygen atoms in total. The van der Waals surface area contributed by atoms with Crippen molar-refractivity contribution in [3.05, 3.63) is 0 Å². The molecule has 0 aliphatic rings. The van der Waals surface area contributed by atoms with Gasteiger partial charge in [0.15, 0.2) is 0 Å². The Balaban J connectivity index is 0. The van der Waals surface area contributed by atoms with Crippen LogP contribution < -0.4 is 5.32 Å². The summed E-state index contributed by atoms with van der Waals surface area (Å²) < 4.78 is 0. The van der Waals surface area contributed by atoms with Crippen molar-refractivity contribution in [2.75, 3.05) is 32.7 Å². The zero-order chi connectivity index (χ0) is 31.9. The third-order valence-corrected chi connectivity index (χ3v) is 8.92. The number of carbonyl (C=O) groups is 1. The molecule has 0 spiro atoms. The highest BCUT2D eigenvalue weighted by Crippen LogP contribution is 2.15. The van der Waals surface area contributed by atoms with Crippen LogP contribution in [0.2, 0.25) is 0 Å². The summed E-state index contributed by atoms with van der Waals surface area (Å²) in [6.07, 6.45) is 38.7. The molecule has 0 heterocycles. The Hall–Kier alpha value is -0.610. The van der Waals surface area contributed by atoms with Gasteiger partial charge in [0.05, 0.1) is 0 Å². The third kappa shape index (κ3) is 43.6. The fraction of sp³-hybridized carbons (Fsp3) is 0.974. The van der Waals surface area contributed by atoms with Gasteiger partial charge in [0.25, 0.3) is 0 Å². The van der Waals surface area contributed by atoms with Crippen LogP contribution in [0.5, 0.6) is 0 Å². The van der Waals surface area contributed by atoms with Gasteiger partial charge in [-0.25, -0.2) is 0 Å². The van der Waals surface area contributed by atoms with Crippen molar-refractivity contribution in [3.63, 3.8) is 0 Å². The van der Waals surface area contributed by atoms with Crippen molar-refractivity contribution in [2.45, 2.75) is 214 Å². The molecule has 260 valence electrons. The van der Waals surface area contributed by atoms with E-state index in [0.717, 1.165) is 12.8 Å². The average molecular weight is 611 g/mol. The molecule has 0 aliphatic carbocycles. The second kappa shape index (κ2) is 41.4. The lowest BCUT2D eigenvalue weighted by atomic mass is 10.0. The molecule has 0 aromatic carbocycles. The monoisotopic (exact) mass is 611 g/mol. The maximum atomic E-state index is 10.4. The van der Waals surface area contributed by atoms with Gasteiger partial charge in [0, 0.05) is 6.42 Å². The fourth-order valence-corrected chi connectivity index (χ4v) is 5.83. The molecule has 2 N–H and O–H groups in total. The molecule has 0 unspecified atom stereocenters. The molecule has 0 aromatic rings. The topological polar surface area (TPSA) is 52.6 Å².